The van der Waals surface area contributed by atoms with Gasteiger partial charge in [-0.1, -0.05) is 23.2 Å². The van der Waals surface area contributed by atoms with Crippen LogP contribution in [0.25, 0.3) is 16.7 Å². The molecule has 1 aliphatic heterocycles. The number of likely N-dealkylation sites (tertiary alicyclic amines) is 1. The van der Waals surface area contributed by atoms with Crippen LogP contribution < -0.4 is 0 Å². The number of aromatic amines is 1. The fourth-order valence-electron chi connectivity index (χ4n) is 4.38. The molecule has 0 spiro atoms. The predicted octanol–water partition coefficient (Wildman–Crippen LogP) is 5.62. The number of fused-ring (bicyclic) bond motifs is 1. The van der Waals surface area contributed by atoms with Crippen molar-refractivity contribution >= 4 is 40.1 Å². The molecule has 12 heteroatoms. The number of halogens is 5. The van der Waals surface area contributed by atoms with Gasteiger partial charge in [0.05, 0.1) is 50.8 Å². The molecule has 176 valence electrons. The maximum Gasteiger partial charge on any atom is 0.417 e. The zero-order valence-electron chi connectivity index (χ0n) is 17.7. The molecule has 1 saturated heterocycles. The Kier molecular flexibility index (Phi) is 5.33. The minimum Gasteiger partial charge on any atom is -0.340 e. The van der Waals surface area contributed by atoms with Crippen LogP contribution in [0.1, 0.15) is 41.5 Å². The summed E-state index contributed by atoms with van der Waals surface area (Å²) in [7, 11) is 0. The Balaban J connectivity index is 1.57. The van der Waals surface area contributed by atoms with E-state index in [-0.39, 0.29) is 11.4 Å². The minimum atomic E-state index is -4.60. The molecule has 0 bridgehead atoms. The van der Waals surface area contributed by atoms with Crippen LogP contribution in [0.5, 0.6) is 0 Å². The van der Waals surface area contributed by atoms with Crippen molar-refractivity contribution in [1.29, 1.82) is 0 Å². The van der Waals surface area contributed by atoms with Crippen LogP contribution in [0.4, 0.5) is 13.2 Å². The number of carbonyl (C=O) groups is 1. The molecule has 1 N–H and O–H groups in total. The first-order chi connectivity index (χ1) is 16.1. The summed E-state index contributed by atoms with van der Waals surface area (Å²) in [5.41, 5.74) is -0.609. The number of alkyl halides is 3. The molecule has 34 heavy (non-hydrogen) atoms. The molecule has 1 aliphatic rings. The Morgan fingerprint density at radius 3 is 2.59 bits per heavy atom. The Hall–Kier alpha value is -3.11. The van der Waals surface area contributed by atoms with Crippen LogP contribution in [0, 0.1) is 0 Å². The molecule has 7 nitrogen and oxygen atoms in total. The van der Waals surface area contributed by atoms with Gasteiger partial charge in [-0.3, -0.25) is 4.79 Å². The molecule has 1 fully saturated rings. The molecule has 2 aromatic carbocycles. The van der Waals surface area contributed by atoms with Gasteiger partial charge in [0.25, 0.3) is 5.91 Å². The zero-order chi connectivity index (χ0) is 24.3. The van der Waals surface area contributed by atoms with Gasteiger partial charge < -0.3 is 9.88 Å². The first-order valence-corrected chi connectivity index (χ1v) is 11.1. The van der Waals surface area contributed by atoms with Gasteiger partial charge in [-0.25, -0.2) is 4.98 Å². The number of aromatic nitrogens is 5. The lowest BCUT2D eigenvalue weighted by Crippen LogP contribution is -2.44. The van der Waals surface area contributed by atoms with E-state index in [1.165, 1.54) is 23.3 Å². The summed E-state index contributed by atoms with van der Waals surface area (Å²) in [5.74, 6) is 0.0637. The summed E-state index contributed by atoms with van der Waals surface area (Å²) in [6.45, 7) is 2.26. The number of H-pyrrole nitrogens is 1. The van der Waals surface area contributed by atoms with Crippen LogP contribution in [0.2, 0.25) is 10.0 Å². The number of hydrogen-bond acceptors (Lipinski definition) is 4. The summed E-state index contributed by atoms with van der Waals surface area (Å²) in [6.07, 6.45) is -0.361. The Morgan fingerprint density at radius 2 is 1.88 bits per heavy atom. The number of rotatable bonds is 3. The van der Waals surface area contributed by atoms with Gasteiger partial charge in [0, 0.05) is 11.6 Å². The van der Waals surface area contributed by atoms with Crippen molar-refractivity contribution in [2.24, 2.45) is 0 Å². The van der Waals surface area contributed by atoms with Crippen LogP contribution in [0.15, 0.2) is 42.7 Å². The molecule has 0 unspecified atom stereocenters. The summed E-state index contributed by atoms with van der Waals surface area (Å²) < 4.78 is 39.9. The van der Waals surface area contributed by atoms with Gasteiger partial charge in [-0.05, 0) is 50.1 Å². The third-order valence-corrected chi connectivity index (χ3v) is 6.64. The first kappa shape index (κ1) is 22.7. The van der Waals surface area contributed by atoms with Gasteiger partial charge in [-0.2, -0.15) is 28.2 Å². The topological polar surface area (TPSA) is 79.7 Å². The fourth-order valence-corrected chi connectivity index (χ4v) is 4.82. The third kappa shape index (κ3) is 3.70. The van der Waals surface area contributed by atoms with Crippen molar-refractivity contribution in [1.82, 2.24) is 29.9 Å². The van der Waals surface area contributed by atoms with Crippen LogP contribution >= 0.6 is 23.2 Å². The number of amides is 1. The lowest BCUT2D eigenvalue weighted by Gasteiger charge is -2.34. The van der Waals surface area contributed by atoms with E-state index < -0.39 is 22.3 Å². The van der Waals surface area contributed by atoms with E-state index in [1.54, 1.807) is 23.1 Å². The van der Waals surface area contributed by atoms with Crippen molar-refractivity contribution in [3.8, 4) is 5.69 Å². The average Bonchev–Trinajstić information content (AvgIpc) is 3.51. The SMILES string of the molecule is C[C@@]1(c2nc3cc(C(F)(F)F)c(Cl)cc3[nH]2)CCCN1C(=O)c1cc(Cl)ccc1-n1nccn1. The molecule has 2 aromatic heterocycles. The van der Waals surface area contributed by atoms with Crippen molar-refractivity contribution in [2.75, 3.05) is 6.54 Å². The number of carbonyl (C=O) groups excluding carboxylic acids is 1. The maximum absolute atomic E-state index is 13.7. The Bertz CT molecular complexity index is 1400. The largest absolute Gasteiger partial charge is 0.417 e. The molecule has 5 rings (SSSR count). The molecule has 1 amide bonds. The highest BCUT2D eigenvalue weighted by Gasteiger charge is 2.44. The van der Waals surface area contributed by atoms with Crippen LogP contribution in [0.3, 0.4) is 0 Å². The number of imidazole rings is 1. The van der Waals surface area contributed by atoms with Crippen molar-refractivity contribution in [3.05, 3.63) is 69.7 Å². The molecule has 0 radical (unpaired) electrons. The van der Waals surface area contributed by atoms with Crippen LogP contribution in [-0.2, 0) is 11.7 Å². The second-order valence-electron chi connectivity index (χ2n) is 8.25. The second kappa shape index (κ2) is 7.99. The predicted molar refractivity (Wildman–Crippen MR) is 120 cm³/mol. The molecular formula is C22H17Cl2F3N6O. The minimum absolute atomic E-state index is 0.122. The number of nitrogens with zero attached hydrogens (tertiary/aromatic N) is 5. The summed E-state index contributed by atoms with van der Waals surface area (Å²) >= 11 is 12.1. The molecule has 1 atom stereocenters. The highest BCUT2D eigenvalue weighted by Crippen LogP contribution is 2.41. The Labute approximate surface area is 201 Å². The highest BCUT2D eigenvalue weighted by molar-refractivity contribution is 6.32. The summed E-state index contributed by atoms with van der Waals surface area (Å²) in [5, 5.41) is 8.18. The maximum atomic E-state index is 13.7. The number of nitrogens with one attached hydrogen (secondary N) is 1. The molecule has 0 saturated carbocycles. The highest BCUT2D eigenvalue weighted by atomic mass is 35.5. The van der Waals surface area contributed by atoms with E-state index in [2.05, 4.69) is 20.2 Å². The van der Waals surface area contributed by atoms with Gasteiger partial charge in [-0.15, -0.1) is 0 Å². The Morgan fingerprint density at radius 1 is 1.15 bits per heavy atom. The van der Waals surface area contributed by atoms with Gasteiger partial charge >= 0.3 is 6.18 Å². The smallest absolute Gasteiger partial charge is 0.340 e. The molecule has 0 aliphatic carbocycles. The van der Waals surface area contributed by atoms with Gasteiger partial charge in [0.2, 0.25) is 0 Å². The van der Waals surface area contributed by atoms with E-state index >= 15 is 0 Å². The van der Waals surface area contributed by atoms with Crippen LogP contribution in [-0.4, -0.2) is 42.3 Å². The standard InChI is InChI=1S/C22H17Cl2F3N6O/c1-21(20-30-16-10-14(22(25,26)27)15(24)11-17(16)31-20)5-2-8-32(21)19(34)13-9-12(23)3-4-18(13)33-28-6-7-29-33/h3-4,6-7,9-11H,2,5,8H2,1H3,(H,30,31)/t21-/m0/s1. The van der Waals surface area contributed by atoms with Crippen molar-refractivity contribution in [2.45, 2.75) is 31.5 Å². The summed E-state index contributed by atoms with van der Waals surface area (Å²) in [4.78, 5) is 24.2. The monoisotopic (exact) mass is 508 g/mol. The zero-order valence-corrected chi connectivity index (χ0v) is 19.2. The summed E-state index contributed by atoms with van der Waals surface area (Å²) in [6, 6.07) is 6.97. The van der Waals surface area contributed by atoms with Crippen molar-refractivity contribution < 1.29 is 18.0 Å². The average molecular weight is 509 g/mol. The van der Waals surface area contributed by atoms with Crippen molar-refractivity contribution in [3.63, 3.8) is 0 Å². The second-order valence-corrected chi connectivity index (χ2v) is 9.09. The normalized spacial score (nSPS) is 18.7. The quantitative estimate of drug-likeness (QED) is 0.389. The lowest BCUT2D eigenvalue weighted by molar-refractivity contribution is -0.137. The lowest BCUT2D eigenvalue weighted by atomic mass is 9.97. The van der Waals surface area contributed by atoms with E-state index in [0.717, 1.165) is 6.07 Å². The van der Waals surface area contributed by atoms with E-state index in [4.69, 9.17) is 23.2 Å². The fraction of sp³-hybridized carbons (Fsp3) is 0.273. The first-order valence-electron chi connectivity index (χ1n) is 10.3. The third-order valence-electron chi connectivity index (χ3n) is 6.10. The van der Waals surface area contributed by atoms with E-state index in [0.29, 0.717) is 47.0 Å². The van der Waals surface area contributed by atoms with Gasteiger partial charge in [0.15, 0.2) is 0 Å². The molecule has 3 heterocycles. The molecular weight excluding hydrogens is 492 g/mol. The number of hydrogen-bond donors (Lipinski definition) is 1. The van der Waals surface area contributed by atoms with E-state index in [1.807, 2.05) is 6.92 Å². The van der Waals surface area contributed by atoms with E-state index in [9.17, 15) is 18.0 Å². The number of benzene rings is 2. The van der Waals surface area contributed by atoms with Gasteiger partial charge in [0.1, 0.15) is 5.82 Å². The molecule has 4 aromatic rings.